The predicted molar refractivity (Wildman–Crippen MR) is 118 cm³/mol. The lowest BCUT2D eigenvalue weighted by atomic mass is 9.87. The molecule has 1 fully saturated rings. The molecule has 1 atom stereocenters. The molecule has 172 valence electrons. The smallest absolute Gasteiger partial charge is 0.405 e. The monoisotopic (exact) mass is 445 g/mol. The van der Waals surface area contributed by atoms with Gasteiger partial charge in [0.15, 0.2) is 0 Å². The standard InChI is InChI=1S/C24H29F2N3O3/c1-17(27-24(31)32)23(30)29-15-13-28(14-16-29)12-2-3-22(18-4-8-20(25)9-5-18)19-6-10-21(26)11-7-19/h4-11,17,22,27H,2-3,12-16H2,1H3,(H,31,32). The summed E-state index contributed by atoms with van der Waals surface area (Å²) in [5.74, 6) is -0.736. The predicted octanol–water partition coefficient (Wildman–Crippen LogP) is 3.68. The van der Waals surface area contributed by atoms with Crippen molar-refractivity contribution in [1.82, 2.24) is 15.1 Å². The summed E-state index contributed by atoms with van der Waals surface area (Å²) >= 11 is 0. The molecule has 0 radical (unpaired) electrons. The average molecular weight is 446 g/mol. The lowest BCUT2D eigenvalue weighted by Gasteiger charge is -2.36. The first-order chi connectivity index (χ1) is 15.3. The Hall–Kier alpha value is -3.00. The van der Waals surface area contributed by atoms with E-state index in [4.69, 9.17) is 5.11 Å². The van der Waals surface area contributed by atoms with E-state index in [2.05, 4.69) is 10.2 Å². The number of carboxylic acid groups (broad SMARTS) is 1. The summed E-state index contributed by atoms with van der Waals surface area (Å²) in [5, 5.41) is 11.0. The van der Waals surface area contributed by atoms with Gasteiger partial charge in [0.05, 0.1) is 0 Å². The topological polar surface area (TPSA) is 72.9 Å². The Morgan fingerprint density at radius 1 is 0.938 bits per heavy atom. The molecule has 3 rings (SSSR count). The normalized spacial score (nSPS) is 15.6. The highest BCUT2D eigenvalue weighted by Gasteiger charge is 2.25. The van der Waals surface area contributed by atoms with Gasteiger partial charge in [0.25, 0.3) is 0 Å². The van der Waals surface area contributed by atoms with Crippen molar-refractivity contribution >= 4 is 12.0 Å². The molecule has 1 unspecified atom stereocenters. The van der Waals surface area contributed by atoms with Gasteiger partial charge in [-0.2, -0.15) is 0 Å². The molecule has 2 aromatic carbocycles. The molecule has 32 heavy (non-hydrogen) atoms. The number of hydrogen-bond acceptors (Lipinski definition) is 3. The Morgan fingerprint density at radius 2 is 1.44 bits per heavy atom. The van der Waals surface area contributed by atoms with Gasteiger partial charge in [-0.1, -0.05) is 24.3 Å². The van der Waals surface area contributed by atoms with Crippen molar-refractivity contribution < 1.29 is 23.5 Å². The minimum Gasteiger partial charge on any atom is -0.465 e. The number of piperazine rings is 1. The maximum Gasteiger partial charge on any atom is 0.405 e. The highest BCUT2D eigenvalue weighted by atomic mass is 19.1. The maximum atomic E-state index is 13.4. The summed E-state index contributed by atoms with van der Waals surface area (Å²) in [6.45, 7) is 4.97. The second-order valence-electron chi connectivity index (χ2n) is 8.14. The first-order valence-corrected chi connectivity index (χ1v) is 10.8. The second-order valence-corrected chi connectivity index (χ2v) is 8.14. The summed E-state index contributed by atoms with van der Waals surface area (Å²) in [4.78, 5) is 27.0. The molecule has 2 N–H and O–H groups in total. The number of nitrogens with one attached hydrogen (secondary N) is 1. The van der Waals surface area contributed by atoms with E-state index in [1.165, 1.54) is 24.3 Å². The summed E-state index contributed by atoms with van der Waals surface area (Å²) in [7, 11) is 0. The lowest BCUT2D eigenvalue weighted by molar-refractivity contribution is -0.134. The van der Waals surface area contributed by atoms with Crippen molar-refractivity contribution in [1.29, 1.82) is 0 Å². The Bertz CT molecular complexity index is 852. The second kappa shape index (κ2) is 11.0. The molecular weight excluding hydrogens is 416 g/mol. The third-order valence-corrected chi connectivity index (χ3v) is 5.91. The molecule has 0 bridgehead atoms. The van der Waals surface area contributed by atoms with Gasteiger partial charge in [0.1, 0.15) is 17.7 Å². The van der Waals surface area contributed by atoms with Gasteiger partial charge in [0, 0.05) is 32.1 Å². The molecular formula is C24H29F2N3O3. The SMILES string of the molecule is CC(NC(=O)O)C(=O)N1CCN(CCCC(c2ccc(F)cc2)c2ccc(F)cc2)CC1. The molecule has 0 spiro atoms. The summed E-state index contributed by atoms with van der Waals surface area (Å²) in [6, 6.07) is 12.1. The van der Waals surface area contributed by atoms with Crippen LogP contribution >= 0.6 is 0 Å². The fraction of sp³-hybridized carbons (Fsp3) is 0.417. The van der Waals surface area contributed by atoms with Gasteiger partial charge in [-0.15, -0.1) is 0 Å². The van der Waals surface area contributed by atoms with Crippen LogP contribution in [0.1, 0.15) is 36.8 Å². The van der Waals surface area contributed by atoms with Crippen LogP contribution in [0.15, 0.2) is 48.5 Å². The summed E-state index contributed by atoms with van der Waals surface area (Å²) in [5.41, 5.74) is 1.99. The molecule has 1 aliphatic rings. The van der Waals surface area contributed by atoms with Crippen LogP contribution in [-0.2, 0) is 4.79 Å². The molecule has 0 aliphatic carbocycles. The van der Waals surface area contributed by atoms with E-state index >= 15 is 0 Å². The molecule has 8 heteroatoms. The van der Waals surface area contributed by atoms with Crippen LogP contribution in [-0.4, -0.2) is 65.7 Å². The van der Waals surface area contributed by atoms with Crippen LogP contribution in [0.4, 0.5) is 13.6 Å². The van der Waals surface area contributed by atoms with Crippen LogP contribution in [0.3, 0.4) is 0 Å². The van der Waals surface area contributed by atoms with Gasteiger partial charge in [-0.25, -0.2) is 13.6 Å². The Kier molecular flexibility index (Phi) is 8.16. The Balaban J connectivity index is 1.53. The van der Waals surface area contributed by atoms with E-state index in [1.807, 2.05) is 0 Å². The largest absolute Gasteiger partial charge is 0.465 e. The minimum absolute atomic E-state index is 0.0435. The number of nitrogens with zero attached hydrogens (tertiary/aromatic N) is 2. The van der Waals surface area contributed by atoms with E-state index in [0.29, 0.717) is 13.1 Å². The molecule has 2 aromatic rings. The van der Waals surface area contributed by atoms with E-state index < -0.39 is 12.1 Å². The number of amides is 2. The molecule has 0 saturated carbocycles. The van der Waals surface area contributed by atoms with Gasteiger partial charge in [-0.3, -0.25) is 9.69 Å². The summed E-state index contributed by atoms with van der Waals surface area (Å²) < 4.78 is 26.8. The van der Waals surface area contributed by atoms with Crippen molar-refractivity contribution in [3.63, 3.8) is 0 Å². The zero-order valence-corrected chi connectivity index (χ0v) is 18.1. The molecule has 1 aliphatic heterocycles. The van der Waals surface area contributed by atoms with E-state index in [-0.39, 0.29) is 23.5 Å². The zero-order chi connectivity index (χ0) is 23.1. The van der Waals surface area contributed by atoms with Crippen molar-refractivity contribution in [3.8, 4) is 0 Å². The molecule has 2 amide bonds. The number of hydrogen-bond donors (Lipinski definition) is 2. The van der Waals surface area contributed by atoms with E-state index in [9.17, 15) is 18.4 Å². The van der Waals surface area contributed by atoms with Gasteiger partial charge >= 0.3 is 6.09 Å². The first-order valence-electron chi connectivity index (χ1n) is 10.8. The quantitative estimate of drug-likeness (QED) is 0.650. The average Bonchev–Trinajstić information content (AvgIpc) is 2.78. The van der Waals surface area contributed by atoms with E-state index in [0.717, 1.165) is 43.6 Å². The fourth-order valence-corrected chi connectivity index (χ4v) is 4.15. The van der Waals surface area contributed by atoms with Crippen LogP contribution < -0.4 is 5.32 Å². The fourth-order valence-electron chi connectivity index (χ4n) is 4.15. The van der Waals surface area contributed by atoms with Crippen molar-refractivity contribution in [3.05, 3.63) is 71.3 Å². The minimum atomic E-state index is -1.21. The Morgan fingerprint density at radius 3 is 1.91 bits per heavy atom. The van der Waals surface area contributed by atoms with Crippen LogP contribution in [0.25, 0.3) is 0 Å². The highest BCUT2D eigenvalue weighted by molar-refractivity contribution is 5.85. The first kappa shape index (κ1) is 23.7. The van der Waals surface area contributed by atoms with Crippen molar-refractivity contribution in [2.75, 3.05) is 32.7 Å². The van der Waals surface area contributed by atoms with Gasteiger partial charge < -0.3 is 15.3 Å². The molecule has 1 saturated heterocycles. The van der Waals surface area contributed by atoms with Crippen molar-refractivity contribution in [2.45, 2.75) is 31.7 Å². The third kappa shape index (κ3) is 6.50. The molecule has 6 nitrogen and oxygen atoms in total. The van der Waals surface area contributed by atoms with Crippen molar-refractivity contribution in [2.24, 2.45) is 0 Å². The number of rotatable bonds is 8. The number of carbonyl (C=O) groups excluding carboxylic acids is 1. The third-order valence-electron chi connectivity index (χ3n) is 5.91. The number of halogens is 2. The van der Waals surface area contributed by atoms with Gasteiger partial charge in [0.2, 0.25) is 5.91 Å². The Labute approximate surface area is 186 Å². The highest BCUT2D eigenvalue weighted by Crippen LogP contribution is 2.30. The van der Waals surface area contributed by atoms with Crippen LogP contribution in [0.5, 0.6) is 0 Å². The van der Waals surface area contributed by atoms with Gasteiger partial charge in [-0.05, 0) is 61.7 Å². The molecule has 1 heterocycles. The zero-order valence-electron chi connectivity index (χ0n) is 18.1. The van der Waals surface area contributed by atoms with E-state index in [1.54, 1.807) is 36.1 Å². The summed E-state index contributed by atoms with van der Waals surface area (Å²) in [6.07, 6.45) is 0.515. The number of carbonyl (C=O) groups is 2. The molecule has 0 aromatic heterocycles. The van der Waals surface area contributed by atoms with Crippen LogP contribution in [0.2, 0.25) is 0 Å². The lowest BCUT2D eigenvalue weighted by Crippen LogP contribution is -2.54. The number of benzene rings is 2. The van der Waals surface area contributed by atoms with Crippen LogP contribution in [0, 0.1) is 11.6 Å². The maximum absolute atomic E-state index is 13.4.